The summed E-state index contributed by atoms with van der Waals surface area (Å²) in [5, 5.41) is 11.3. The van der Waals surface area contributed by atoms with Gasteiger partial charge in [0.25, 0.3) is 0 Å². The zero-order chi connectivity index (χ0) is 17.8. The number of hydrogen-bond donors (Lipinski definition) is 0. The summed E-state index contributed by atoms with van der Waals surface area (Å²) in [6, 6.07) is 17.8. The number of hydrogen-bond acceptors (Lipinski definition) is 3. The second-order valence-electron chi connectivity index (χ2n) is 6.19. The van der Waals surface area contributed by atoms with Crippen molar-refractivity contribution in [2.75, 3.05) is 0 Å². The van der Waals surface area contributed by atoms with Crippen molar-refractivity contribution in [3.8, 4) is 17.4 Å². The maximum atomic E-state index is 9.77. The number of pyridine rings is 1. The summed E-state index contributed by atoms with van der Waals surface area (Å²) < 4.78 is 7.94. The quantitative estimate of drug-likeness (QED) is 0.384. The standard InChI is InChI=1S/C21H12ClN3O/c1-12-14(11-23)20-21(25-9-5-4-8-17(25)24-20)19(22)18(12)16-10-13-6-2-3-7-15(13)26-16/h2-10H,1H3. The van der Waals surface area contributed by atoms with E-state index in [-0.39, 0.29) is 0 Å². The lowest BCUT2D eigenvalue weighted by Gasteiger charge is -2.09. The molecule has 0 radical (unpaired) electrons. The average molecular weight is 358 g/mol. The van der Waals surface area contributed by atoms with Gasteiger partial charge in [-0.3, -0.25) is 4.40 Å². The molecule has 5 heteroatoms. The van der Waals surface area contributed by atoms with Crippen molar-refractivity contribution in [3.63, 3.8) is 0 Å². The molecule has 0 bridgehead atoms. The SMILES string of the molecule is Cc1c(-c2cc3ccccc3o2)c(Cl)c2c(nc3ccccn32)c1C#N. The molecule has 124 valence electrons. The van der Waals surface area contributed by atoms with E-state index in [1.165, 1.54) is 0 Å². The van der Waals surface area contributed by atoms with Crippen molar-refractivity contribution < 1.29 is 4.42 Å². The van der Waals surface area contributed by atoms with E-state index in [9.17, 15) is 5.26 Å². The smallest absolute Gasteiger partial charge is 0.138 e. The number of imidazole rings is 1. The summed E-state index contributed by atoms with van der Waals surface area (Å²) in [4.78, 5) is 4.61. The van der Waals surface area contributed by atoms with Crippen LogP contribution in [0.4, 0.5) is 0 Å². The zero-order valence-electron chi connectivity index (χ0n) is 13.8. The van der Waals surface area contributed by atoms with E-state index in [0.717, 1.165) is 33.3 Å². The van der Waals surface area contributed by atoms with Crippen LogP contribution in [-0.4, -0.2) is 9.38 Å². The highest BCUT2D eigenvalue weighted by Gasteiger charge is 2.23. The molecule has 0 N–H and O–H groups in total. The Morgan fingerprint density at radius 1 is 1.15 bits per heavy atom. The Kier molecular flexibility index (Phi) is 3.09. The van der Waals surface area contributed by atoms with Crippen molar-refractivity contribution in [2.45, 2.75) is 6.92 Å². The Hall–Kier alpha value is -3.29. The first kappa shape index (κ1) is 15.0. The van der Waals surface area contributed by atoms with Crippen LogP contribution in [0.5, 0.6) is 0 Å². The molecular formula is C21H12ClN3O. The highest BCUT2D eigenvalue weighted by Crippen LogP contribution is 2.41. The van der Waals surface area contributed by atoms with E-state index in [0.29, 0.717) is 21.9 Å². The van der Waals surface area contributed by atoms with Crippen LogP contribution in [0.1, 0.15) is 11.1 Å². The van der Waals surface area contributed by atoms with Gasteiger partial charge in [0.05, 0.1) is 16.1 Å². The normalized spacial score (nSPS) is 11.4. The molecule has 2 aromatic carbocycles. The first-order chi connectivity index (χ1) is 12.7. The lowest BCUT2D eigenvalue weighted by Crippen LogP contribution is -1.93. The molecule has 0 aliphatic carbocycles. The second-order valence-corrected chi connectivity index (χ2v) is 6.57. The maximum Gasteiger partial charge on any atom is 0.138 e. The molecule has 4 nitrogen and oxygen atoms in total. The van der Waals surface area contributed by atoms with E-state index in [2.05, 4.69) is 11.1 Å². The van der Waals surface area contributed by atoms with Crippen LogP contribution in [0.25, 0.3) is 39.0 Å². The average Bonchev–Trinajstić information content (AvgIpc) is 3.23. The van der Waals surface area contributed by atoms with Gasteiger partial charge in [-0.25, -0.2) is 4.98 Å². The van der Waals surface area contributed by atoms with E-state index < -0.39 is 0 Å². The van der Waals surface area contributed by atoms with E-state index >= 15 is 0 Å². The largest absolute Gasteiger partial charge is 0.456 e. The number of rotatable bonds is 1. The van der Waals surface area contributed by atoms with E-state index in [1.54, 1.807) is 0 Å². The molecule has 3 aromatic heterocycles. The second kappa shape index (κ2) is 5.35. The Balaban J connectivity index is 1.96. The maximum absolute atomic E-state index is 9.77. The fraction of sp³-hybridized carbons (Fsp3) is 0.0476. The molecule has 3 heterocycles. The van der Waals surface area contributed by atoms with Crippen LogP contribution in [0, 0.1) is 18.3 Å². The lowest BCUT2D eigenvalue weighted by molar-refractivity contribution is 0.631. The minimum Gasteiger partial charge on any atom is -0.456 e. The van der Waals surface area contributed by atoms with Crippen molar-refractivity contribution in [1.29, 1.82) is 5.26 Å². The number of halogens is 1. The number of para-hydroxylation sites is 1. The molecule has 0 aliphatic heterocycles. The molecule has 0 amide bonds. The number of benzene rings is 2. The van der Waals surface area contributed by atoms with Crippen molar-refractivity contribution in [1.82, 2.24) is 9.38 Å². The van der Waals surface area contributed by atoms with Gasteiger partial charge >= 0.3 is 0 Å². The van der Waals surface area contributed by atoms with Crippen LogP contribution >= 0.6 is 11.6 Å². The molecule has 0 aliphatic rings. The fourth-order valence-electron chi connectivity index (χ4n) is 3.50. The number of aromatic nitrogens is 2. The summed E-state index contributed by atoms with van der Waals surface area (Å²) in [5.41, 5.74) is 4.89. The summed E-state index contributed by atoms with van der Waals surface area (Å²) >= 11 is 6.83. The molecule has 0 unspecified atom stereocenters. The van der Waals surface area contributed by atoms with Gasteiger partial charge in [-0.15, -0.1) is 0 Å². The first-order valence-corrected chi connectivity index (χ1v) is 8.54. The van der Waals surface area contributed by atoms with Crippen molar-refractivity contribution in [2.24, 2.45) is 0 Å². The topological polar surface area (TPSA) is 54.2 Å². The van der Waals surface area contributed by atoms with Crippen molar-refractivity contribution in [3.05, 3.63) is 70.9 Å². The number of fused-ring (bicyclic) bond motifs is 4. The molecule has 5 aromatic rings. The predicted octanol–water partition coefficient (Wildman–Crippen LogP) is 5.73. The Morgan fingerprint density at radius 2 is 1.96 bits per heavy atom. The van der Waals surface area contributed by atoms with Gasteiger partial charge in [0.15, 0.2) is 0 Å². The van der Waals surface area contributed by atoms with Gasteiger partial charge in [-0.05, 0) is 36.8 Å². The third-order valence-electron chi connectivity index (χ3n) is 4.73. The highest BCUT2D eigenvalue weighted by molar-refractivity contribution is 6.38. The number of nitriles is 1. The Morgan fingerprint density at radius 3 is 2.77 bits per heavy atom. The fourth-order valence-corrected chi connectivity index (χ4v) is 3.92. The minimum atomic E-state index is 0.517. The molecular weight excluding hydrogens is 346 g/mol. The Bertz CT molecular complexity index is 1340. The van der Waals surface area contributed by atoms with Crippen LogP contribution in [0.3, 0.4) is 0 Å². The predicted molar refractivity (Wildman–Crippen MR) is 102 cm³/mol. The third-order valence-corrected chi connectivity index (χ3v) is 5.10. The van der Waals surface area contributed by atoms with Gasteiger partial charge in [-0.2, -0.15) is 5.26 Å². The van der Waals surface area contributed by atoms with E-state index in [4.69, 9.17) is 16.0 Å². The molecule has 0 fully saturated rings. The van der Waals surface area contributed by atoms with Crippen LogP contribution in [0.2, 0.25) is 5.02 Å². The van der Waals surface area contributed by atoms with Gasteiger partial charge in [-0.1, -0.05) is 35.9 Å². The molecule has 0 spiro atoms. The number of furan rings is 1. The summed E-state index contributed by atoms with van der Waals surface area (Å²) in [6.45, 7) is 1.89. The van der Waals surface area contributed by atoms with Gasteiger partial charge in [0.2, 0.25) is 0 Å². The summed E-state index contributed by atoms with van der Waals surface area (Å²) in [5.74, 6) is 0.651. The van der Waals surface area contributed by atoms with Crippen LogP contribution in [-0.2, 0) is 0 Å². The molecule has 0 atom stereocenters. The third kappa shape index (κ3) is 1.92. The monoisotopic (exact) mass is 357 g/mol. The molecule has 26 heavy (non-hydrogen) atoms. The van der Waals surface area contributed by atoms with Crippen LogP contribution in [0.15, 0.2) is 59.1 Å². The van der Waals surface area contributed by atoms with Crippen LogP contribution < -0.4 is 0 Å². The number of nitrogens with zero attached hydrogens (tertiary/aromatic N) is 3. The zero-order valence-corrected chi connectivity index (χ0v) is 14.6. The summed E-state index contributed by atoms with van der Waals surface area (Å²) in [6.07, 6.45) is 1.90. The highest BCUT2D eigenvalue weighted by atomic mass is 35.5. The van der Waals surface area contributed by atoms with E-state index in [1.807, 2.05) is 66.1 Å². The van der Waals surface area contributed by atoms with Crippen molar-refractivity contribution >= 4 is 39.3 Å². The molecule has 0 saturated heterocycles. The lowest BCUT2D eigenvalue weighted by atomic mass is 9.99. The summed E-state index contributed by atoms with van der Waals surface area (Å²) in [7, 11) is 0. The minimum absolute atomic E-state index is 0.517. The molecule has 5 rings (SSSR count). The van der Waals surface area contributed by atoms with Gasteiger partial charge in [0, 0.05) is 17.1 Å². The molecule has 0 saturated carbocycles. The van der Waals surface area contributed by atoms with Gasteiger partial charge in [0.1, 0.15) is 28.6 Å². The first-order valence-electron chi connectivity index (χ1n) is 8.17. The van der Waals surface area contributed by atoms with Gasteiger partial charge < -0.3 is 4.42 Å². The Labute approximate surface area is 153 Å².